The molecule has 2 aliphatic rings. The third kappa shape index (κ3) is 3.05. The molecule has 0 radical (unpaired) electrons. The average molecular weight is 274 g/mol. The van der Waals surface area contributed by atoms with Crippen molar-refractivity contribution in [2.24, 2.45) is 0 Å². The van der Waals surface area contributed by atoms with E-state index < -0.39 is 0 Å². The summed E-state index contributed by atoms with van der Waals surface area (Å²) in [5.41, 5.74) is 1.38. The molecule has 1 heterocycles. The minimum absolute atomic E-state index is 0.414. The zero-order chi connectivity index (χ0) is 13.8. The molecule has 3 heteroatoms. The molecule has 0 amide bonds. The Kier molecular flexibility index (Phi) is 4.71. The van der Waals surface area contributed by atoms with Gasteiger partial charge in [0, 0.05) is 25.2 Å². The topological polar surface area (TPSA) is 24.5 Å². The normalized spacial score (nSPS) is 28.9. The summed E-state index contributed by atoms with van der Waals surface area (Å²) in [6.45, 7) is 3.06. The van der Waals surface area contributed by atoms with E-state index in [9.17, 15) is 0 Å². The second-order valence-electron chi connectivity index (χ2n) is 6.01. The van der Waals surface area contributed by atoms with Crippen LogP contribution in [0.4, 0.5) is 0 Å². The molecule has 0 spiro atoms. The summed E-state index contributed by atoms with van der Waals surface area (Å²) in [5, 5.41) is 3.48. The standard InChI is InChI=1S/C17H26N2O/c1-18-15(14-7-3-2-4-8-14)13-19-11-12-20-17-10-6-5-9-16(17)19/h2-4,7-8,15-18H,5-6,9-13H2,1H3. The van der Waals surface area contributed by atoms with Crippen LogP contribution in [0.25, 0.3) is 0 Å². The van der Waals surface area contributed by atoms with Gasteiger partial charge in [0.1, 0.15) is 0 Å². The summed E-state index contributed by atoms with van der Waals surface area (Å²) >= 11 is 0. The van der Waals surface area contributed by atoms with Gasteiger partial charge in [0.25, 0.3) is 0 Å². The van der Waals surface area contributed by atoms with E-state index in [-0.39, 0.29) is 0 Å². The van der Waals surface area contributed by atoms with Crippen LogP contribution >= 0.6 is 0 Å². The average Bonchev–Trinajstić information content (AvgIpc) is 2.53. The van der Waals surface area contributed by atoms with Gasteiger partial charge in [-0.2, -0.15) is 0 Å². The number of ether oxygens (including phenoxy) is 1. The Labute approximate surface area is 122 Å². The molecule has 1 aliphatic heterocycles. The zero-order valence-electron chi connectivity index (χ0n) is 12.4. The van der Waals surface area contributed by atoms with Gasteiger partial charge in [-0.25, -0.2) is 0 Å². The minimum atomic E-state index is 0.414. The summed E-state index contributed by atoms with van der Waals surface area (Å²) in [6, 6.07) is 11.8. The Bertz CT molecular complexity index is 407. The number of benzene rings is 1. The highest BCUT2D eigenvalue weighted by Gasteiger charge is 2.34. The van der Waals surface area contributed by atoms with Crippen molar-refractivity contribution in [1.82, 2.24) is 10.2 Å². The van der Waals surface area contributed by atoms with Gasteiger partial charge in [-0.3, -0.25) is 4.90 Å². The van der Waals surface area contributed by atoms with Crippen molar-refractivity contribution in [1.29, 1.82) is 0 Å². The highest BCUT2D eigenvalue weighted by molar-refractivity contribution is 5.19. The summed E-state index contributed by atoms with van der Waals surface area (Å²) < 4.78 is 5.97. The van der Waals surface area contributed by atoms with Crippen LogP contribution in [0, 0.1) is 0 Å². The summed E-state index contributed by atoms with van der Waals surface area (Å²) in [4.78, 5) is 2.65. The molecule has 3 nitrogen and oxygen atoms in total. The Hall–Kier alpha value is -0.900. The molecule has 1 saturated carbocycles. The fraction of sp³-hybridized carbons (Fsp3) is 0.647. The molecule has 110 valence electrons. The molecular formula is C17H26N2O. The Balaban J connectivity index is 1.68. The van der Waals surface area contributed by atoms with Gasteiger partial charge in [0.2, 0.25) is 0 Å². The number of rotatable bonds is 4. The lowest BCUT2D eigenvalue weighted by molar-refractivity contribution is -0.0901. The Morgan fingerprint density at radius 3 is 2.85 bits per heavy atom. The van der Waals surface area contributed by atoms with Gasteiger partial charge < -0.3 is 10.1 Å². The molecule has 3 unspecified atom stereocenters. The summed E-state index contributed by atoms with van der Waals surface area (Å²) in [5.74, 6) is 0. The molecule has 3 rings (SSSR count). The first-order valence-corrected chi connectivity index (χ1v) is 7.96. The van der Waals surface area contributed by atoms with E-state index in [4.69, 9.17) is 4.74 Å². The lowest BCUT2D eigenvalue weighted by atomic mass is 9.89. The molecule has 20 heavy (non-hydrogen) atoms. The fourth-order valence-electron chi connectivity index (χ4n) is 3.69. The molecule has 1 N–H and O–H groups in total. The molecule has 3 atom stereocenters. The molecule has 0 bridgehead atoms. The van der Waals surface area contributed by atoms with Crippen molar-refractivity contribution in [3.05, 3.63) is 35.9 Å². The van der Waals surface area contributed by atoms with Crippen molar-refractivity contribution < 1.29 is 4.74 Å². The molecule has 0 aromatic heterocycles. The first-order valence-electron chi connectivity index (χ1n) is 7.96. The Morgan fingerprint density at radius 1 is 1.25 bits per heavy atom. The molecule has 1 saturated heterocycles. The number of morpholine rings is 1. The minimum Gasteiger partial charge on any atom is -0.375 e. The summed E-state index contributed by atoms with van der Waals surface area (Å²) in [6.07, 6.45) is 5.72. The maximum absolute atomic E-state index is 5.97. The lowest BCUT2D eigenvalue weighted by Crippen LogP contribution is -2.54. The first kappa shape index (κ1) is 14.1. The molecule has 2 fully saturated rings. The highest BCUT2D eigenvalue weighted by Crippen LogP contribution is 2.29. The third-order valence-electron chi connectivity index (χ3n) is 4.81. The fourth-order valence-corrected chi connectivity index (χ4v) is 3.69. The van der Waals surface area contributed by atoms with Crippen LogP contribution in [0.2, 0.25) is 0 Å². The van der Waals surface area contributed by atoms with E-state index in [2.05, 4.69) is 47.6 Å². The maximum Gasteiger partial charge on any atom is 0.0730 e. The first-order chi connectivity index (χ1) is 9.88. The van der Waals surface area contributed by atoms with Crippen LogP contribution in [0.15, 0.2) is 30.3 Å². The van der Waals surface area contributed by atoms with Crippen LogP contribution in [0.3, 0.4) is 0 Å². The van der Waals surface area contributed by atoms with E-state index in [0.29, 0.717) is 18.2 Å². The van der Waals surface area contributed by atoms with Crippen LogP contribution in [-0.2, 0) is 4.74 Å². The van der Waals surface area contributed by atoms with Gasteiger partial charge in [-0.15, -0.1) is 0 Å². The van der Waals surface area contributed by atoms with Crippen molar-refractivity contribution in [3.8, 4) is 0 Å². The van der Waals surface area contributed by atoms with Gasteiger partial charge in [-0.05, 0) is 25.5 Å². The number of nitrogens with one attached hydrogen (secondary N) is 1. The van der Waals surface area contributed by atoms with E-state index in [1.54, 1.807) is 0 Å². The summed E-state index contributed by atoms with van der Waals surface area (Å²) in [7, 11) is 2.07. The van der Waals surface area contributed by atoms with Gasteiger partial charge in [-0.1, -0.05) is 43.2 Å². The SMILES string of the molecule is CNC(CN1CCOC2CCCCC21)c1ccccc1. The van der Waals surface area contributed by atoms with Crippen LogP contribution in [-0.4, -0.2) is 43.8 Å². The van der Waals surface area contributed by atoms with E-state index in [1.807, 2.05) is 0 Å². The van der Waals surface area contributed by atoms with Crippen molar-refractivity contribution in [2.45, 2.75) is 43.9 Å². The second kappa shape index (κ2) is 6.70. The largest absolute Gasteiger partial charge is 0.375 e. The molecule has 1 aromatic rings. The number of nitrogens with zero attached hydrogens (tertiary/aromatic N) is 1. The number of hydrogen-bond donors (Lipinski definition) is 1. The third-order valence-corrected chi connectivity index (χ3v) is 4.81. The molecular weight excluding hydrogens is 248 g/mol. The van der Waals surface area contributed by atoms with Gasteiger partial charge in [0.05, 0.1) is 12.7 Å². The van der Waals surface area contributed by atoms with E-state index in [0.717, 1.165) is 19.7 Å². The highest BCUT2D eigenvalue weighted by atomic mass is 16.5. The zero-order valence-corrected chi connectivity index (χ0v) is 12.4. The van der Waals surface area contributed by atoms with Crippen LogP contribution in [0.5, 0.6) is 0 Å². The van der Waals surface area contributed by atoms with Crippen molar-refractivity contribution >= 4 is 0 Å². The molecule has 1 aliphatic carbocycles. The van der Waals surface area contributed by atoms with Gasteiger partial charge >= 0.3 is 0 Å². The van der Waals surface area contributed by atoms with Crippen molar-refractivity contribution in [3.63, 3.8) is 0 Å². The maximum atomic E-state index is 5.97. The van der Waals surface area contributed by atoms with Crippen LogP contribution in [0.1, 0.15) is 37.3 Å². The lowest BCUT2D eigenvalue weighted by Gasteiger charge is -2.45. The second-order valence-corrected chi connectivity index (χ2v) is 6.01. The Morgan fingerprint density at radius 2 is 2.05 bits per heavy atom. The monoisotopic (exact) mass is 274 g/mol. The van der Waals surface area contributed by atoms with Gasteiger partial charge in [0.15, 0.2) is 0 Å². The van der Waals surface area contributed by atoms with Crippen LogP contribution < -0.4 is 5.32 Å². The quantitative estimate of drug-likeness (QED) is 0.913. The van der Waals surface area contributed by atoms with E-state index >= 15 is 0 Å². The number of likely N-dealkylation sites (N-methyl/N-ethyl adjacent to an activating group) is 1. The van der Waals surface area contributed by atoms with E-state index in [1.165, 1.54) is 31.2 Å². The predicted molar refractivity (Wildman–Crippen MR) is 81.8 cm³/mol. The smallest absolute Gasteiger partial charge is 0.0730 e. The number of hydrogen-bond acceptors (Lipinski definition) is 3. The predicted octanol–water partition coefficient (Wildman–Crippen LogP) is 2.59. The number of fused-ring (bicyclic) bond motifs is 1. The van der Waals surface area contributed by atoms with Crippen molar-refractivity contribution in [2.75, 3.05) is 26.7 Å². The molecule has 1 aromatic carbocycles.